The van der Waals surface area contributed by atoms with E-state index in [2.05, 4.69) is 24.8 Å². The van der Waals surface area contributed by atoms with Gasteiger partial charge in [-0.1, -0.05) is 13.8 Å². The van der Waals surface area contributed by atoms with Gasteiger partial charge in [0, 0.05) is 6.42 Å². The van der Waals surface area contributed by atoms with E-state index in [4.69, 9.17) is 5.26 Å². The molecule has 0 saturated carbocycles. The summed E-state index contributed by atoms with van der Waals surface area (Å²) in [5, 5.41) is 8.26. The standard InChI is InChI=1S/C8H16N2/c1-3-10(4-2)8-6-5-7-9/h3-6,8H2,1-2H3. The summed E-state index contributed by atoms with van der Waals surface area (Å²) in [5.41, 5.74) is 0. The summed E-state index contributed by atoms with van der Waals surface area (Å²) in [7, 11) is 0. The van der Waals surface area contributed by atoms with Crippen LogP contribution in [-0.4, -0.2) is 24.5 Å². The predicted octanol–water partition coefficient (Wildman–Crippen LogP) is 1.63. The summed E-state index contributed by atoms with van der Waals surface area (Å²) in [5.74, 6) is 0. The minimum atomic E-state index is 0.691. The number of hydrogen-bond acceptors (Lipinski definition) is 2. The highest BCUT2D eigenvalue weighted by Crippen LogP contribution is 1.92. The second kappa shape index (κ2) is 6.57. The summed E-state index contributed by atoms with van der Waals surface area (Å²) < 4.78 is 0. The van der Waals surface area contributed by atoms with Gasteiger partial charge in [0.1, 0.15) is 0 Å². The summed E-state index contributed by atoms with van der Waals surface area (Å²) >= 11 is 0. The molecule has 0 atom stereocenters. The Morgan fingerprint density at radius 2 is 1.90 bits per heavy atom. The highest BCUT2D eigenvalue weighted by atomic mass is 15.1. The van der Waals surface area contributed by atoms with Gasteiger partial charge in [-0.2, -0.15) is 5.26 Å². The van der Waals surface area contributed by atoms with Gasteiger partial charge in [-0.25, -0.2) is 0 Å². The zero-order chi connectivity index (χ0) is 7.82. The van der Waals surface area contributed by atoms with Crippen LogP contribution in [-0.2, 0) is 0 Å². The van der Waals surface area contributed by atoms with Crippen molar-refractivity contribution in [3.05, 3.63) is 0 Å². The van der Waals surface area contributed by atoms with Crippen molar-refractivity contribution >= 4 is 0 Å². The van der Waals surface area contributed by atoms with E-state index in [0.29, 0.717) is 6.42 Å². The molecule has 0 aliphatic rings. The van der Waals surface area contributed by atoms with Crippen molar-refractivity contribution in [2.75, 3.05) is 19.6 Å². The fourth-order valence-corrected chi connectivity index (χ4v) is 0.922. The lowest BCUT2D eigenvalue weighted by Gasteiger charge is -2.16. The molecule has 0 aromatic rings. The first-order valence-corrected chi connectivity index (χ1v) is 3.94. The second-order valence-electron chi connectivity index (χ2n) is 2.29. The van der Waals surface area contributed by atoms with E-state index in [9.17, 15) is 0 Å². The number of unbranched alkanes of at least 4 members (excludes halogenated alkanes) is 1. The van der Waals surface area contributed by atoms with Gasteiger partial charge in [0.05, 0.1) is 6.07 Å². The van der Waals surface area contributed by atoms with Crippen molar-refractivity contribution in [3.8, 4) is 6.07 Å². The number of nitriles is 1. The number of nitrogens with zero attached hydrogens (tertiary/aromatic N) is 2. The molecule has 2 heteroatoms. The van der Waals surface area contributed by atoms with E-state index in [0.717, 1.165) is 26.1 Å². The maximum atomic E-state index is 8.26. The Labute approximate surface area is 63.4 Å². The molecule has 0 N–H and O–H groups in total. The molecule has 0 saturated heterocycles. The maximum absolute atomic E-state index is 8.26. The Morgan fingerprint density at radius 1 is 1.30 bits per heavy atom. The van der Waals surface area contributed by atoms with Gasteiger partial charge < -0.3 is 4.90 Å². The molecule has 10 heavy (non-hydrogen) atoms. The molecule has 0 rings (SSSR count). The topological polar surface area (TPSA) is 27.0 Å². The minimum absolute atomic E-state index is 0.691. The third kappa shape index (κ3) is 4.34. The number of hydrogen-bond donors (Lipinski definition) is 0. The summed E-state index contributed by atoms with van der Waals surface area (Å²) in [6.07, 6.45) is 1.70. The number of rotatable bonds is 5. The predicted molar refractivity (Wildman–Crippen MR) is 42.6 cm³/mol. The molecular formula is C8H16N2. The minimum Gasteiger partial charge on any atom is -0.304 e. The zero-order valence-electron chi connectivity index (χ0n) is 6.93. The molecule has 0 spiro atoms. The van der Waals surface area contributed by atoms with Gasteiger partial charge in [0.2, 0.25) is 0 Å². The second-order valence-corrected chi connectivity index (χ2v) is 2.29. The van der Waals surface area contributed by atoms with Crippen molar-refractivity contribution in [2.24, 2.45) is 0 Å². The molecule has 0 aromatic carbocycles. The highest BCUT2D eigenvalue weighted by Gasteiger charge is 1.95. The van der Waals surface area contributed by atoms with Crippen LogP contribution in [0.5, 0.6) is 0 Å². The SMILES string of the molecule is CCN(CC)CCCC#N. The average Bonchev–Trinajstić information content (AvgIpc) is 1.99. The normalized spacial score (nSPS) is 9.80. The van der Waals surface area contributed by atoms with Crippen LogP contribution in [0.2, 0.25) is 0 Å². The smallest absolute Gasteiger partial charge is 0.0622 e. The summed E-state index contributed by atoms with van der Waals surface area (Å²) in [6.45, 7) is 7.57. The molecule has 0 heterocycles. The Kier molecular flexibility index (Phi) is 6.21. The Balaban J connectivity index is 3.19. The fourth-order valence-electron chi connectivity index (χ4n) is 0.922. The first kappa shape index (κ1) is 9.45. The first-order chi connectivity index (χ1) is 4.85. The van der Waals surface area contributed by atoms with Crippen LogP contribution >= 0.6 is 0 Å². The van der Waals surface area contributed by atoms with Crippen LogP contribution in [0.25, 0.3) is 0 Å². The molecule has 0 radical (unpaired) electrons. The van der Waals surface area contributed by atoms with Gasteiger partial charge in [-0.05, 0) is 26.1 Å². The van der Waals surface area contributed by atoms with Crippen molar-refractivity contribution in [1.29, 1.82) is 5.26 Å². The van der Waals surface area contributed by atoms with Crippen LogP contribution in [0.15, 0.2) is 0 Å². The third-order valence-corrected chi connectivity index (χ3v) is 1.66. The van der Waals surface area contributed by atoms with Gasteiger partial charge in [0.25, 0.3) is 0 Å². The van der Waals surface area contributed by atoms with E-state index in [1.165, 1.54) is 0 Å². The lowest BCUT2D eigenvalue weighted by molar-refractivity contribution is 0.301. The van der Waals surface area contributed by atoms with Crippen LogP contribution in [0.1, 0.15) is 26.7 Å². The van der Waals surface area contributed by atoms with E-state index in [1.807, 2.05) is 0 Å². The lowest BCUT2D eigenvalue weighted by Crippen LogP contribution is -2.23. The molecule has 0 bridgehead atoms. The van der Waals surface area contributed by atoms with Gasteiger partial charge in [-0.3, -0.25) is 0 Å². The Bertz CT molecular complexity index is 100. The van der Waals surface area contributed by atoms with Crippen molar-refractivity contribution < 1.29 is 0 Å². The largest absolute Gasteiger partial charge is 0.304 e. The maximum Gasteiger partial charge on any atom is 0.0622 e. The van der Waals surface area contributed by atoms with E-state index >= 15 is 0 Å². The van der Waals surface area contributed by atoms with Crippen LogP contribution in [0, 0.1) is 11.3 Å². The van der Waals surface area contributed by atoms with Gasteiger partial charge in [-0.15, -0.1) is 0 Å². The highest BCUT2D eigenvalue weighted by molar-refractivity contribution is 4.69. The van der Waals surface area contributed by atoms with Crippen LogP contribution < -0.4 is 0 Å². The van der Waals surface area contributed by atoms with Crippen molar-refractivity contribution in [3.63, 3.8) is 0 Å². The molecule has 0 aliphatic carbocycles. The van der Waals surface area contributed by atoms with Crippen LogP contribution in [0.3, 0.4) is 0 Å². The van der Waals surface area contributed by atoms with E-state index < -0.39 is 0 Å². The molecule has 58 valence electrons. The fraction of sp³-hybridized carbons (Fsp3) is 0.875. The summed E-state index contributed by atoms with van der Waals surface area (Å²) in [6, 6.07) is 2.14. The van der Waals surface area contributed by atoms with Crippen molar-refractivity contribution in [2.45, 2.75) is 26.7 Å². The van der Waals surface area contributed by atoms with Crippen molar-refractivity contribution in [1.82, 2.24) is 4.90 Å². The Morgan fingerprint density at radius 3 is 2.30 bits per heavy atom. The van der Waals surface area contributed by atoms with Crippen LogP contribution in [0.4, 0.5) is 0 Å². The first-order valence-electron chi connectivity index (χ1n) is 3.94. The summed E-state index contributed by atoms with van der Waals surface area (Å²) in [4.78, 5) is 2.33. The zero-order valence-corrected chi connectivity index (χ0v) is 6.93. The molecule has 2 nitrogen and oxygen atoms in total. The van der Waals surface area contributed by atoms with E-state index in [-0.39, 0.29) is 0 Å². The van der Waals surface area contributed by atoms with Gasteiger partial charge in [0.15, 0.2) is 0 Å². The quantitative estimate of drug-likeness (QED) is 0.543. The molecule has 0 fully saturated rings. The molecule has 0 amide bonds. The lowest BCUT2D eigenvalue weighted by atomic mass is 10.3. The molecule has 0 unspecified atom stereocenters. The van der Waals surface area contributed by atoms with Gasteiger partial charge >= 0.3 is 0 Å². The van der Waals surface area contributed by atoms with E-state index in [1.54, 1.807) is 0 Å². The third-order valence-electron chi connectivity index (χ3n) is 1.66. The Hall–Kier alpha value is -0.550. The molecule has 0 aliphatic heterocycles. The molecule has 0 aromatic heterocycles. The average molecular weight is 140 g/mol. The monoisotopic (exact) mass is 140 g/mol. The molecular weight excluding hydrogens is 124 g/mol.